The molecule has 1 heterocycles. The third kappa shape index (κ3) is 7.62. The summed E-state index contributed by atoms with van der Waals surface area (Å²) in [5.74, 6) is -0.908. The van der Waals surface area contributed by atoms with Crippen molar-refractivity contribution in [3.63, 3.8) is 0 Å². The minimum Gasteiger partial charge on any atom is -0.462 e. The fourth-order valence-corrected chi connectivity index (χ4v) is 3.37. The van der Waals surface area contributed by atoms with Crippen LogP contribution in [0.2, 0.25) is 0 Å². The molecule has 3 N–H and O–H groups in total. The number of carbonyl (C=O) groups is 3. The van der Waals surface area contributed by atoms with E-state index in [9.17, 15) is 14.4 Å². The van der Waals surface area contributed by atoms with Crippen molar-refractivity contribution in [1.29, 1.82) is 0 Å². The Morgan fingerprint density at radius 2 is 1.82 bits per heavy atom. The number of hydrogen-bond donors (Lipinski definition) is 3. The van der Waals surface area contributed by atoms with E-state index in [0.29, 0.717) is 15.9 Å². The van der Waals surface area contributed by atoms with Gasteiger partial charge in [0.2, 0.25) is 5.91 Å². The molecule has 2 aromatic rings. The summed E-state index contributed by atoms with van der Waals surface area (Å²) in [6, 6.07) is 14.5. The van der Waals surface area contributed by atoms with E-state index in [1.54, 1.807) is 37.3 Å². The number of hydroxylamine groups is 1. The molecule has 0 spiro atoms. The molecule has 174 valence electrons. The number of anilines is 1. The second-order valence-corrected chi connectivity index (χ2v) is 7.91. The summed E-state index contributed by atoms with van der Waals surface area (Å²) < 4.78 is 10.8. The Labute approximate surface area is 199 Å². The zero-order valence-corrected chi connectivity index (χ0v) is 19.5. The maximum absolute atomic E-state index is 12.9. The highest BCUT2D eigenvalue weighted by atomic mass is 79.9. The molecule has 0 aromatic heterocycles. The lowest BCUT2D eigenvalue weighted by molar-refractivity contribution is -0.119. The summed E-state index contributed by atoms with van der Waals surface area (Å²) >= 11 is 3.27. The van der Waals surface area contributed by atoms with Crippen molar-refractivity contribution in [3.8, 4) is 0 Å². The van der Waals surface area contributed by atoms with Gasteiger partial charge in [-0.25, -0.2) is 9.59 Å². The van der Waals surface area contributed by atoms with E-state index in [-0.39, 0.29) is 19.6 Å². The zero-order valence-electron chi connectivity index (χ0n) is 17.9. The standard InChI is InChI=1S/C23H24BrN3O6/c1-2-31-22(29)16-8-10-17(11-9-16)25-21(28)19(12-18-13-20(24)27-33-18)26-23(30)32-14-15-6-4-3-5-7-15/h3-11,13,18-19,27H,2,12,14H2,1H3,(H,25,28)(H,26,30)/t18?,19-/m0/s1. The predicted molar refractivity (Wildman–Crippen MR) is 124 cm³/mol. The Bertz CT molecular complexity index is 997. The van der Waals surface area contributed by atoms with E-state index < -0.39 is 30.1 Å². The minimum absolute atomic E-state index is 0.0727. The first kappa shape index (κ1) is 24.3. The molecule has 1 unspecified atom stereocenters. The zero-order chi connectivity index (χ0) is 23.6. The first-order valence-corrected chi connectivity index (χ1v) is 11.1. The van der Waals surface area contributed by atoms with Crippen molar-refractivity contribution in [2.24, 2.45) is 0 Å². The molecule has 2 aromatic carbocycles. The average molecular weight is 518 g/mol. The fourth-order valence-electron chi connectivity index (χ4n) is 2.98. The lowest BCUT2D eigenvalue weighted by Crippen LogP contribution is -2.46. The smallest absolute Gasteiger partial charge is 0.408 e. The monoisotopic (exact) mass is 517 g/mol. The van der Waals surface area contributed by atoms with E-state index in [1.165, 1.54) is 0 Å². The van der Waals surface area contributed by atoms with Gasteiger partial charge in [0.25, 0.3) is 0 Å². The molecule has 1 aliphatic heterocycles. The summed E-state index contributed by atoms with van der Waals surface area (Å²) in [5, 5.41) is 5.33. The molecule has 0 saturated heterocycles. The highest BCUT2D eigenvalue weighted by Crippen LogP contribution is 2.18. The maximum Gasteiger partial charge on any atom is 0.408 e. The number of esters is 1. The lowest BCUT2D eigenvalue weighted by Gasteiger charge is -2.20. The van der Waals surface area contributed by atoms with Gasteiger partial charge in [-0.3, -0.25) is 15.1 Å². The van der Waals surface area contributed by atoms with E-state index in [4.69, 9.17) is 14.3 Å². The molecular weight excluding hydrogens is 494 g/mol. The van der Waals surface area contributed by atoms with Crippen molar-refractivity contribution in [3.05, 3.63) is 76.4 Å². The molecule has 0 saturated carbocycles. The van der Waals surface area contributed by atoms with Crippen LogP contribution in [0.1, 0.15) is 29.3 Å². The van der Waals surface area contributed by atoms with Crippen LogP contribution in [-0.2, 0) is 25.7 Å². The number of amides is 2. The van der Waals surface area contributed by atoms with Gasteiger partial charge in [-0.1, -0.05) is 30.3 Å². The van der Waals surface area contributed by atoms with Gasteiger partial charge in [0.15, 0.2) is 0 Å². The van der Waals surface area contributed by atoms with Crippen LogP contribution in [0.5, 0.6) is 0 Å². The first-order valence-electron chi connectivity index (χ1n) is 10.3. The van der Waals surface area contributed by atoms with Crippen molar-refractivity contribution < 1.29 is 28.7 Å². The maximum atomic E-state index is 12.9. The predicted octanol–water partition coefficient (Wildman–Crippen LogP) is 3.63. The summed E-state index contributed by atoms with van der Waals surface area (Å²) in [5.41, 5.74) is 4.30. The molecule has 33 heavy (non-hydrogen) atoms. The van der Waals surface area contributed by atoms with Crippen molar-refractivity contribution >= 4 is 39.6 Å². The normalized spacial score (nSPS) is 15.6. The molecule has 0 fully saturated rings. The van der Waals surface area contributed by atoms with Crippen LogP contribution < -0.4 is 16.1 Å². The van der Waals surface area contributed by atoms with Gasteiger partial charge in [0.05, 0.1) is 12.2 Å². The van der Waals surface area contributed by atoms with Gasteiger partial charge in [0, 0.05) is 12.1 Å². The second kappa shape index (κ2) is 12.0. The van der Waals surface area contributed by atoms with E-state index in [1.807, 2.05) is 30.3 Å². The molecule has 3 rings (SSSR count). The lowest BCUT2D eigenvalue weighted by atomic mass is 10.1. The number of rotatable bonds is 9. The molecule has 0 bridgehead atoms. The fraction of sp³-hybridized carbons (Fsp3) is 0.261. The third-order valence-electron chi connectivity index (χ3n) is 4.59. The van der Waals surface area contributed by atoms with Gasteiger partial charge in [-0.15, -0.1) is 0 Å². The average Bonchev–Trinajstić information content (AvgIpc) is 3.23. The number of alkyl carbamates (subject to hydrolysis) is 1. The highest BCUT2D eigenvalue weighted by molar-refractivity contribution is 9.11. The van der Waals surface area contributed by atoms with Crippen molar-refractivity contribution in [2.75, 3.05) is 11.9 Å². The molecular formula is C23H24BrN3O6. The van der Waals surface area contributed by atoms with Crippen LogP contribution in [0.4, 0.5) is 10.5 Å². The van der Waals surface area contributed by atoms with Crippen LogP contribution in [0.3, 0.4) is 0 Å². The van der Waals surface area contributed by atoms with E-state index in [2.05, 4.69) is 32.0 Å². The summed E-state index contributed by atoms with van der Waals surface area (Å²) in [6.07, 6.45) is 0.724. The Kier molecular flexibility index (Phi) is 8.85. The first-order chi connectivity index (χ1) is 15.9. The molecule has 1 aliphatic rings. The molecule has 2 amide bonds. The Balaban J connectivity index is 1.63. The largest absolute Gasteiger partial charge is 0.462 e. The Hall–Kier alpha value is -3.37. The van der Waals surface area contributed by atoms with Crippen LogP contribution in [0, 0.1) is 0 Å². The van der Waals surface area contributed by atoms with Gasteiger partial charge < -0.3 is 20.1 Å². The SMILES string of the molecule is CCOC(=O)c1ccc(NC(=O)[C@H](CC2C=C(Br)NO2)NC(=O)OCc2ccccc2)cc1. The number of ether oxygens (including phenoxy) is 2. The van der Waals surface area contributed by atoms with Gasteiger partial charge in [0.1, 0.15) is 23.4 Å². The van der Waals surface area contributed by atoms with Gasteiger partial charge in [-0.05, 0) is 58.8 Å². The van der Waals surface area contributed by atoms with Crippen molar-refractivity contribution in [2.45, 2.75) is 32.1 Å². The molecule has 10 heteroatoms. The third-order valence-corrected chi connectivity index (χ3v) is 5.02. The quantitative estimate of drug-likeness (QED) is 0.343. The summed E-state index contributed by atoms with van der Waals surface area (Å²) in [7, 11) is 0. The van der Waals surface area contributed by atoms with Gasteiger partial charge >= 0.3 is 12.1 Å². The van der Waals surface area contributed by atoms with Gasteiger partial charge in [-0.2, -0.15) is 0 Å². The molecule has 0 aliphatic carbocycles. The van der Waals surface area contributed by atoms with Crippen LogP contribution in [-0.4, -0.2) is 36.7 Å². The number of hydrogen-bond acceptors (Lipinski definition) is 7. The summed E-state index contributed by atoms with van der Waals surface area (Å²) in [6.45, 7) is 2.07. The van der Waals surface area contributed by atoms with Crippen LogP contribution >= 0.6 is 15.9 Å². The Morgan fingerprint density at radius 1 is 1.09 bits per heavy atom. The number of nitrogens with one attached hydrogen (secondary N) is 3. The molecule has 0 radical (unpaired) electrons. The molecule has 2 atom stereocenters. The summed E-state index contributed by atoms with van der Waals surface area (Å²) in [4.78, 5) is 42.4. The number of carbonyl (C=O) groups excluding carboxylic acids is 3. The second-order valence-electron chi connectivity index (χ2n) is 7.05. The number of halogens is 1. The minimum atomic E-state index is -0.945. The van der Waals surface area contributed by atoms with E-state index in [0.717, 1.165) is 5.56 Å². The van der Waals surface area contributed by atoms with E-state index >= 15 is 0 Å². The number of benzene rings is 2. The van der Waals surface area contributed by atoms with Crippen LogP contribution in [0.15, 0.2) is 65.3 Å². The van der Waals surface area contributed by atoms with Crippen molar-refractivity contribution in [1.82, 2.24) is 10.8 Å². The topological polar surface area (TPSA) is 115 Å². The Morgan fingerprint density at radius 3 is 2.45 bits per heavy atom. The van der Waals surface area contributed by atoms with Crippen LogP contribution in [0.25, 0.3) is 0 Å². The molecule has 9 nitrogen and oxygen atoms in total. The highest BCUT2D eigenvalue weighted by Gasteiger charge is 2.28.